The van der Waals surface area contributed by atoms with Crippen molar-refractivity contribution in [2.24, 2.45) is 0 Å². The number of rotatable bonds is 4. The molecule has 0 radical (unpaired) electrons. The molecule has 2 aromatic rings. The van der Waals surface area contributed by atoms with Crippen molar-refractivity contribution >= 4 is 23.5 Å². The summed E-state index contributed by atoms with van der Waals surface area (Å²) in [5, 5.41) is 27.6. The SMILES string of the molecule is N#Cc1c(N)nc(SCC(=O)O)c(C#N)c1-c1ccc(F)cc1. The zero-order valence-electron chi connectivity index (χ0n) is 11.6. The van der Waals surface area contributed by atoms with Gasteiger partial charge in [0.25, 0.3) is 0 Å². The van der Waals surface area contributed by atoms with Crippen molar-refractivity contribution in [3.05, 3.63) is 41.2 Å². The largest absolute Gasteiger partial charge is 0.481 e. The molecule has 0 atom stereocenters. The number of nitriles is 2. The summed E-state index contributed by atoms with van der Waals surface area (Å²) in [7, 11) is 0. The van der Waals surface area contributed by atoms with Crippen LogP contribution < -0.4 is 5.73 Å². The summed E-state index contributed by atoms with van der Waals surface area (Å²) in [6.45, 7) is 0. The Labute approximate surface area is 135 Å². The van der Waals surface area contributed by atoms with Gasteiger partial charge in [0.2, 0.25) is 0 Å². The number of hydrogen-bond acceptors (Lipinski definition) is 6. The number of anilines is 1. The normalized spacial score (nSPS) is 9.87. The highest BCUT2D eigenvalue weighted by Gasteiger charge is 2.21. The predicted molar refractivity (Wildman–Crippen MR) is 81.8 cm³/mol. The molecule has 114 valence electrons. The summed E-state index contributed by atoms with van der Waals surface area (Å²) >= 11 is 0.828. The van der Waals surface area contributed by atoms with Crippen LogP contribution in [0.4, 0.5) is 10.2 Å². The van der Waals surface area contributed by atoms with E-state index in [1.54, 1.807) is 0 Å². The quantitative estimate of drug-likeness (QED) is 0.826. The molecule has 1 aromatic carbocycles. The van der Waals surface area contributed by atoms with Crippen LogP contribution in [0.15, 0.2) is 29.3 Å². The lowest BCUT2D eigenvalue weighted by molar-refractivity contribution is -0.133. The Kier molecular flexibility index (Phi) is 4.79. The number of aliphatic carboxylic acids is 1. The van der Waals surface area contributed by atoms with Crippen LogP contribution in [0.1, 0.15) is 11.1 Å². The number of carbonyl (C=O) groups is 1. The number of thioether (sulfide) groups is 1. The molecule has 0 fully saturated rings. The van der Waals surface area contributed by atoms with E-state index in [0.29, 0.717) is 5.56 Å². The van der Waals surface area contributed by atoms with E-state index in [0.717, 1.165) is 11.8 Å². The van der Waals surface area contributed by atoms with Gasteiger partial charge < -0.3 is 10.8 Å². The van der Waals surface area contributed by atoms with Crippen LogP contribution in [0, 0.1) is 28.5 Å². The number of halogens is 1. The Morgan fingerprint density at radius 1 is 1.26 bits per heavy atom. The van der Waals surface area contributed by atoms with Crippen molar-refractivity contribution < 1.29 is 14.3 Å². The number of benzene rings is 1. The number of nitrogens with two attached hydrogens (primary N) is 1. The van der Waals surface area contributed by atoms with Gasteiger partial charge in [-0.05, 0) is 17.7 Å². The molecule has 23 heavy (non-hydrogen) atoms. The van der Waals surface area contributed by atoms with Crippen molar-refractivity contribution in [3.63, 3.8) is 0 Å². The number of nitrogens with zero attached hydrogens (tertiary/aromatic N) is 3. The van der Waals surface area contributed by atoms with E-state index in [1.807, 2.05) is 12.1 Å². The number of pyridine rings is 1. The second kappa shape index (κ2) is 6.77. The van der Waals surface area contributed by atoms with E-state index in [9.17, 15) is 19.7 Å². The van der Waals surface area contributed by atoms with Crippen molar-refractivity contribution in [1.82, 2.24) is 4.98 Å². The molecule has 0 unspecified atom stereocenters. The summed E-state index contributed by atoms with van der Waals surface area (Å²) in [5.41, 5.74) is 6.42. The molecule has 0 saturated carbocycles. The monoisotopic (exact) mass is 328 g/mol. The highest BCUT2D eigenvalue weighted by molar-refractivity contribution is 7.99. The summed E-state index contributed by atoms with van der Waals surface area (Å²) in [4.78, 5) is 14.7. The van der Waals surface area contributed by atoms with Crippen LogP contribution in [0.2, 0.25) is 0 Å². The molecule has 0 aliphatic carbocycles. The summed E-state index contributed by atoms with van der Waals surface area (Å²) in [5.74, 6) is -1.96. The fourth-order valence-electron chi connectivity index (χ4n) is 1.94. The van der Waals surface area contributed by atoms with Crippen molar-refractivity contribution in [2.45, 2.75) is 5.03 Å². The van der Waals surface area contributed by atoms with E-state index in [2.05, 4.69) is 4.98 Å². The van der Waals surface area contributed by atoms with Gasteiger partial charge in [-0.1, -0.05) is 23.9 Å². The Bertz CT molecular complexity index is 854. The first-order valence-electron chi connectivity index (χ1n) is 6.22. The van der Waals surface area contributed by atoms with Gasteiger partial charge in [0.15, 0.2) is 0 Å². The lowest BCUT2D eigenvalue weighted by Crippen LogP contribution is -2.05. The van der Waals surface area contributed by atoms with Gasteiger partial charge in [-0.15, -0.1) is 0 Å². The Morgan fingerprint density at radius 3 is 2.39 bits per heavy atom. The highest BCUT2D eigenvalue weighted by atomic mass is 32.2. The molecule has 0 aliphatic heterocycles. The number of hydrogen-bond donors (Lipinski definition) is 2. The third-order valence-corrected chi connectivity index (χ3v) is 3.84. The minimum atomic E-state index is -1.08. The second-order valence-electron chi connectivity index (χ2n) is 4.34. The molecule has 8 heteroatoms. The first kappa shape index (κ1) is 16.3. The van der Waals surface area contributed by atoms with Gasteiger partial charge in [0, 0.05) is 5.56 Å². The molecule has 1 heterocycles. The minimum Gasteiger partial charge on any atom is -0.481 e. The molecule has 3 N–H and O–H groups in total. The molecule has 0 amide bonds. The Hall–Kier alpha value is -3.10. The molecule has 2 rings (SSSR count). The lowest BCUT2D eigenvalue weighted by Gasteiger charge is -2.12. The number of nitrogen functional groups attached to an aromatic ring is 1. The Balaban J connectivity index is 2.71. The third-order valence-electron chi connectivity index (χ3n) is 2.88. The van der Waals surface area contributed by atoms with Crippen LogP contribution in [0.25, 0.3) is 11.1 Å². The fraction of sp³-hybridized carbons (Fsp3) is 0.0667. The van der Waals surface area contributed by atoms with Gasteiger partial charge in [-0.2, -0.15) is 10.5 Å². The molecule has 0 aliphatic rings. The van der Waals surface area contributed by atoms with Gasteiger partial charge in [-0.3, -0.25) is 4.79 Å². The van der Waals surface area contributed by atoms with Gasteiger partial charge in [0.1, 0.15) is 34.4 Å². The highest BCUT2D eigenvalue weighted by Crippen LogP contribution is 2.35. The first-order chi connectivity index (χ1) is 11.0. The summed E-state index contributed by atoms with van der Waals surface area (Å²) in [6, 6.07) is 9.03. The molecule has 1 aromatic heterocycles. The summed E-state index contributed by atoms with van der Waals surface area (Å²) < 4.78 is 13.1. The molecule has 0 spiro atoms. The van der Waals surface area contributed by atoms with Crippen LogP contribution in [-0.2, 0) is 4.79 Å². The van der Waals surface area contributed by atoms with E-state index in [4.69, 9.17) is 10.8 Å². The Morgan fingerprint density at radius 2 is 1.87 bits per heavy atom. The lowest BCUT2D eigenvalue weighted by atomic mass is 9.97. The van der Waals surface area contributed by atoms with Crippen molar-refractivity contribution in [2.75, 3.05) is 11.5 Å². The average molecular weight is 328 g/mol. The van der Waals surface area contributed by atoms with Crippen LogP contribution >= 0.6 is 11.8 Å². The maximum absolute atomic E-state index is 13.1. The second-order valence-corrected chi connectivity index (χ2v) is 5.30. The number of aromatic nitrogens is 1. The first-order valence-corrected chi connectivity index (χ1v) is 7.20. The standard InChI is InChI=1S/C15H9FN4O2S/c16-9-3-1-8(2-4-9)13-10(5-17)14(19)20-15(11(13)6-18)23-7-12(21)22/h1-4H,7H2,(H2,19,20)(H,21,22). The smallest absolute Gasteiger partial charge is 0.313 e. The van der Waals surface area contributed by atoms with Crippen molar-refractivity contribution in [3.8, 4) is 23.3 Å². The maximum atomic E-state index is 13.1. The molecular weight excluding hydrogens is 319 g/mol. The topological polar surface area (TPSA) is 124 Å². The number of carboxylic acids is 1. The minimum absolute atomic E-state index is 0.00664. The van der Waals surface area contributed by atoms with E-state index in [-0.39, 0.29) is 33.3 Å². The van der Waals surface area contributed by atoms with Crippen molar-refractivity contribution in [1.29, 1.82) is 10.5 Å². The van der Waals surface area contributed by atoms with Gasteiger partial charge in [-0.25, -0.2) is 9.37 Å². The van der Waals surface area contributed by atoms with Crippen LogP contribution in [-0.4, -0.2) is 21.8 Å². The zero-order valence-corrected chi connectivity index (χ0v) is 12.4. The molecule has 0 bridgehead atoms. The zero-order chi connectivity index (χ0) is 17.0. The number of carboxylic acid groups (broad SMARTS) is 1. The predicted octanol–water partition coefficient (Wildman–Crippen LogP) is 2.39. The van der Waals surface area contributed by atoms with Crippen LogP contribution in [0.3, 0.4) is 0 Å². The molecule has 6 nitrogen and oxygen atoms in total. The van der Waals surface area contributed by atoms with E-state index in [1.165, 1.54) is 24.3 Å². The van der Waals surface area contributed by atoms with Gasteiger partial charge in [0.05, 0.1) is 11.3 Å². The fourth-order valence-corrected chi connectivity index (χ4v) is 2.65. The molecular formula is C15H9FN4O2S. The maximum Gasteiger partial charge on any atom is 0.313 e. The van der Waals surface area contributed by atoms with Crippen LogP contribution in [0.5, 0.6) is 0 Å². The van der Waals surface area contributed by atoms with E-state index >= 15 is 0 Å². The van der Waals surface area contributed by atoms with Gasteiger partial charge >= 0.3 is 5.97 Å². The summed E-state index contributed by atoms with van der Waals surface area (Å²) in [6.07, 6.45) is 0. The molecule has 0 saturated heterocycles. The van der Waals surface area contributed by atoms with E-state index < -0.39 is 11.8 Å². The average Bonchev–Trinajstić information content (AvgIpc) is 2.53. The third kappa shape index (κ3) is 3.39.